The summed E-state index contributed by atoms with van der Waals surface area (Å²) in [5, 5.41) is 0. The molecule has 0 radical (unpaired) electrons. The molecule has 0 amide bonds. The van der Waals surface area contributed by atoms with Crippen molar-refractivity contribution in [2.75, 3.05) is 27.6 Å². The van der Waals surface area contributed by atoms with Crippen LogP contribution in [0.25, 0.3) is 4.85 Å². The van der Waals surface area contributed by atoms with Gasteiger partial charge in [-0.3, -0.25) is 9.59 Å². The van der Waals surface area contributed by atoms with Crippen LogP contribution in [0.15, 0.2) is 23.4 Å². The van der Waals surface area contributed by atoms with E-state index in [-0.39, 0.29) is 70.6 Å². The number of hydrogen-bond donors (Lipinski definition) is 0. The van der Waals surface area contributed by atoms with Gasteiger partial charge in [0, 0.05) is 23.9 Å². The Hall–Kier alpha value is -2.30. The van der Waals surface area contributed by atoms with Crippen molar-refractivity contribution < 1.29 is 28.6 Å². The molecule has 0 saturated heterocycles. The lowest BCUT2D eigenvalue weighted by Gasteiger charge is -2.69. The van der Waals surface area contributed by atoms with Gasteiger partial charge in [0.15, 0.2) is 11.6 Å². The van der Waals surface area contributed by atoms with Crippen molar-refractivity contribution in [2.24, 2.45) is 50.2 Å². The second kappa shape index (κ2) is 9.61. The van der Waals surface area contributed by atoms with E-state index in [1.807, 2.05) is 19.1 Å². The lowest BCUT2D eigenvalue weighted by Crippen LogP contribution is -2.66. The van der Waals surface area contributed by atoms with Gasteiger partial charge in [-0.25, -0.2) is 4.85 Å². The monoisotopic (exact) mass is 565 g/mol. The Labute approximate surface area is 245 Å². The second-order valence-electron chi connectivity index (χ2n) is 15.3. The van der Waals surface area contributed by atoms with Crippen LogP contribution in [0.3, 0.4) is 0 Å². The van der Waals surface area contributed by atoms with Gasteiger partial charge in [-0.1, -0.05) is 53.2 Å². The van der Waals surface area contributed by atoms with Crippen LogP contribution in [0.4, 0.5) is 0 Å². The standard InChI is InChI=1S/C34H47NO6/c1-29(2)12-14-34(28(38)40-9)15-13-33(6)26(21(34)17-29)23(36)16-25-30(3)18-22(35-7)27(37)31(4,19-41-20-39-8)24(30)10-11-32(25,33)5/h16,18,21,24,26H,10-15,17,19-20H2,1-6,8-9H3/t21-,24+,26-,30-,31+,32+,33+,34-/m0/s1. The number of esters is 1. The van der Waals surface area contributed by atoms with Crippen molar-refractivity contribution in [1.29, 1.82) is 0 Å². The number of methoxy groups -OCH3 is 2. The number of nitrogens with zero attached hydrogens (tertiary/aromatic N) is 1. The van der Waals surface area contributed by atoms with Gasteiger partial charge < -0.3 is 19.0 Å². The molecule has 0 unspecified atom stereocenters. The molecular weight excluding hydrogens is 518 g/mol. The average molecular weight is 566 g/mol. The van der Waals surface area contributed by atoms with Gasteiger partial charge in [0.05, 0.1) is 25.7 Å². The Kier molecular flexibility index (Phi) is 7.07. The molecule has 0 aromatic rings. The summed E-state index contributed by atoms with van der Waals surface area (Å²) in [6, 6.07) is 0. The van der Waals surface area contributed by atoms with Crippen LogP contribution in [0.2, 0.25) is 0 Å². The fourth-order valence-corrected chi connectivity index (χ4v) is 10.5. The molecular formula is C34H47NO6. The van der Waals surface area contributed by atoms with Crippen LogP contribution in [-0.4, -0.2) is 45.2 Å². The maximum Gasteiger partial charge on any atom is 0.312 e. The van der Waals surface area contributed by atoms with Gasteiger partial charge in [0.25, 0.3) is 0 Å². The molecule has 8 atom stereocenters. The molecule has 224 valence electrons. The smallest absolute Gasteiger partial charge is 0.312 e. The highest BCUT2D eigenvalue weighted by Gasteiger charge is 2.71. The minimum atomic E-state index is -0.912. The zero-order chi connectivity index (χ0) is 30.2. The zero-order valence-corrected chi connectivity index (χ0v) is 26.1. The molecule has 0 aromatic heterocycles. The topological polar surface area (TPSA) is 83.3 Å². The normalized spacial score (nSPS) is 44.7. The Morgan fingerprint density at radius 3 is 2.34 bits per heavy atom. The third-order valence-electron chi connectivity index (χ3n) is 12.9. The van der Waals surface area contributed by atoms with Crippen LogP contribution < -0.4 is 0 Å². The summed E-state index contributed by atoms with van der Waals surface area (Å²) in [6.07, 6.45) is 9.32. The molecule has 3 fully saturated rings. The molecule has 7 heteroatoms. The number of carbonyl (C=O) groups is 3. The van der Waals surface area contributed by atoms with E-state index < -0.39 is 16.2 Å². The quantitative estimate of drug-likeness (QED) is 0.168. The van der Waals surface area contributed by atoms with E-state index in [0.717, 1.165) is 44.1 Å². The summed E-state index contributed by atoms with van der Waals surface area (Å²) in [4.78, 5) is 45.4. The first-order chi connectivity index (χ1) is 19.1. The van der Waals surface area contributed by atoms with Crippen molar-refractivity contribution in [3.63, 3.8) is 0 Å². The van der Waals surface area contributed by atoms with E-state index in [9.17, 15) is 14.4 Å². The average Bonchev–Trinajstić information content (AvgIpc) is 2.91. The first kappa shape index (κ1) is 30.2. The zero-order valence-electron chi connectivity index (χ0n) is 26.1. The largest absolute Gasteiger partial charge is 0.469 e. The Morgan fingerprint density at radius 2 is 1.71 bits per heavy atom. The number of fused-ring (bicyclic) bond motifs is 7. The van der Waals surface area contributed by atoms with Crippen molar-refractivity contribution in [3.05, 3.63) is 34.8 Å². The first-order valence-corrected chi connectivity index (χ1v) is 15.2. The van der Waals surface area contributed by atoms with Gasteiger partial charge in [0.1, 0.15) is 6.79 Å². The summed E-state index contributed by atoms with van der Waals surface area (Å²) < 4.78 is 16.3. The van der Waals surface area contributed by atoms with Crippen molar-refractivity contribution in [1.82, 2.24) is 0 Å². The predicted octanol–water partition coefficient (Wildman–Crippen LogP) is 6.33. The number of ether oxygens (including phenoxy) is 3. The van der Waals surface area contributed by atoms with Gasteiger partial charge >= 0.3 is 5.97 Å². The lowest BCUT2D eigenvalue weighted by molar-refractivity contribution is -0.191. The maximum absolute atomic E-state index is 14.5. The van der Waals surface area contributed by atoms with E-state index in [1.165, 1.54) is 7.11 Å². The molecule has 0 spiro atoms. The Morgan fingerprint density at radius 1 is 1.02 bits per heavy atom. The SMILES string of the molecule is [C-]#[N+]C1=C[C@]2(C)C3=CC(=O)[C@@H]4[C@@H]5CC(C)(C)CC[C@]5(C(=O)OC)CC[C@@]4(C)[C@]3(C)CC[C@H]2[C@@](C)(COCOC)C1=O. The molecule has 5 aliphatic rings. The summed E-state index contributed by atoms with van der Waals surface area (Å²) in [6.45, 7) is 21.2. The van der Waals surface area contributed by atoms with E-state index in [2.05, 4.69) is 39.5 Å². The number of rotatable bonds is 5. The number of ketones is 2. The van der Waals surface area contributed by atoms with Crippen LogP contribution in [0.1, 0.15) is 86.5 Å². The molecule has 3 saturated carbocycles. The third-order valence-corrected chi connectivity index (χ3v) is 12.9. The second-order valence-corrected chi connectivity index (χ2v) is 15.3. The van der Waals surface area contributed by atoms with Gasteiger partial charge in [-0.2, -0.15) is 0 Å². The molecule has 0 bridgehead atoms. The Bertz CT molecular complexity index is 1270. The number of allylic oxidation sites excluding steroid dienone is 4. The number of hydrogen-bond acceptors (Lipinski definition) is 6. The number of Topliss-reactive ketones (excluding diaryl/α,β-unsaturated/α-hetero) is 1. The van der Waals surface area contributed by atoms with Gasteiger partial charge in [-0.05, 0) is 79.1 Å². The summed E-state index contributed by atoms with van der Waals surface area (Å²) >= 11 is 0. The van der Waals surface area contributed by atoms with E-state index >= 15 is 0 Å². The van der Waals surface area contributed by atoms with Crippen molar-refractivity contribution in [2.45, 2.75) is 86.5 Å². The third kappa shape index (κ3) is 3.92. The maximum atomic E-state index is 14.5. The molecule has 0 aliphatic heterocycles. The van der Waals surface area contributed by atoms with Crippen LogP contribution >= 0.6 is 0 Å². The predicted molar refractivity (Wildman–Crippen MR) is 154 cm³/mol. The summed E-state index contributed by atoms with van der Waals surface area (Å²) in [7, 11) is 3.03. The first-order valence-electron chi connectivity index (χ1n) is 15.2. The fraction of sp³-hybridized carbons (Fsp3) is 0.765. The fourth-order valence-electron chi connectivity index (χ4n) is 10.5. The molecule has 0 N–H and O–H groups in total. The minimum absolute atomic E-state index is 0.0380. The molecule has 0 heterocycles. The summed E-state index contributed by atoms with van der Waals surface area (Å²) in [5.41, 5.74) is -1.69. The Balaban J connectivity index is 1.66. The molecule has 0 aromatic carbocycles. The molecule has 5 rings (SSSR count). The van der Waals surface area contributed by atoms with Crippen molar-refractivity contribution >= 4 is 17.5 Å². The van der Waals surface area contributed by atoms with E-state index in [4.69, 9.17) is 20.8 Å². The van der Waals surface area contributed by atoms with Gasteiger partial charge in [-0.15, -0.1) is 0 Å². The molecule has 41 heavy (non-hydrogen) atoms. The van der Waals surface area contributed by atoms with E-state index in [1.54, 1.807) is 7.11 Å². The molecule has 7 nitrogen and oxygen atoms in total. The van der Waals surface area contributed by atoms with Crippen molar-refractivity contribution in [3.8, 4) is 0 Å². The number of carbonyl (C=O) groups excluding carboxylic acids is 3. The highest BCUT2D eigenvalue weighted by Crippen LogP contribution is 2.74. The molecule has 5 aliphatic carbocycles. The van der Waals surface area contributed by atoms with E-state index in [0.29, 0.717) is 6.42 Å². The minimum Gasteiger partial charge on any atom is -0.469 e. The highest BCUT2D eigenvalue weighted by atomic mass is 16.7. The lowest BCUT2D eigenvalue weighted by atomic mass is 9.34. The van der Waals surface area contributed by atoms with Gasteiger partial charge in [0.2, 0.25) is 5.70 Å². The van der Waals surface area contributed by atoms with Crippen LogP contribution in [0.5, 0.6) is 0 Å². The highest BCUT2D eigenvalue weighted by molar-refractivity contribution is 6.03. The van der Waals surface area contributed by atoms with Crippen LogP contribution in [-0.2, 0) is 28.6 Å². The summed E-state index contributed by atoms with van der Waals surface area (Å²) in [5.74, 6) is -0.750. The van der Waals surface area contributed by atoms with Crippen LogP contribution in [0, 0.1) is 56.8 Å².